The molecule has 0 amide bonds. The zero-order valence-electron chi connectivity index (χ0n) is 13.3. The molecule has 0 aromatic heterocycles. The zero-order chi connectivity index (χ0) is 16.7. The average Bonchev–Trinajstić information content (AvgIpc) is 2.53. The van der Waals surface area contributed by atoms with Gasteiger partial charge < -0.3 is 19.7 Å². The Balaban J connectivity index is 2.01. The maximum absolute atomic E-state index is 9.35. The van der Waals surface area contributed by atoms with E-state index >= 15 is 0 Å². The predicted molar refractivity (Wildman–Crippen MR) is 91.4 cm³/mol. The van der Waals surface area contributed by atoms with Gasteiger partial charge in [0.05, 0.1) is 17.1 Å². The summed E-state index contributed by atoms with van der Waals surface area (Å²) in [6.07, 6.45) is -0.986. The van der Waals surface area contributed by atoms with Crippen LogP contribution in [0.25, 0.3) is 0 Å². The van der Waals surface area contributed by atoms with Gasteiger partial charge in [0, 0.05) is 4.90 Å². The molecule has 0 spiro atoms. The van der Waals surface area contributed by atoms with Crippen LogP contribution < -0.4 is 9.47 Å². The van der Waals surface area contributed by atoms with E-state index < -0.39 is 12.2 Å². The lowest BCUT2D eigenvalue weighted by Gasteiger charge is -2.12. The Morgan fingerprint density at radius 2 is 1.48 bits per heavy atom. The molecule has 0 aliphatic carbocycles. The quantitative estimate of drug-likeness (QED) is 0.775. The first-order valence-electron chi connectivity index (χ1n) is 7.53. The standard InChI is InChI=1S/C18H22O4S/c1-13(19)11-21-15-7-9-16(10-8-15)23-18-6-4-3-5-17(18)22-12-14(2)20/h3-10,13-14,19-20H,11-12H2,1-2H3. The van der Waals surface area contributed by atoms with Crippen molar-refractivity contribution >= 4 is 11.8 Å². The molecule has 0 saturated carbocycles. The number of hydrogen-bond donors (Lipinski definition) is 2. The van der Waals surface area contributed by atoms with E-state index in [0.717, 1.165) is 21.3 Å². The number of hydrogen-bond acceptors (Lipinski definition) is 5. The number of aliphatic hydroxyl groups excluding tert-OH is 2. The fraction of sp³-hybridized carbons (Fsp3) is 0.333. The Kier molecular flexibility index (Phi) is 6.77. The van der Waals surface area contributed by atoms with Gasteiger partial charge in [-0.2, -0.15) is 0 Å². The Labute approximate surface area is 141 Å². The maximum Gasteiger partial charge on any atom is 0.133 e. The average molecular weight is 334 g/mol. The predicted octanol–water partition coefficient (Wildman–Crippen LogP) is 3.36. The molecule has 0 radical (unpaired) electrons. The number of benzene rings is 2. The molecule has 4 nitrogen and oxygen atoms in total. The Morgan fingerprint density at radius 3 is 2.13 bits per heavy atom. The summed E-state index contributed by atoms with van der Waals surface area (Å²) in [5.41, 5.74) is 0. The topological polar surface area (TPSA) is 58.9 Å². The SMILES string of the molecule is CC(O)COc1ccc(Sc2ccccc2OCC(C)O)cc1. The smallest absolute Gasteiger partial charge is 0.133 e. The van der Waals surface area contributed by atoms with Gasteiger partial charge in [-0.1, -0.05) is 23.9 Å². The minimum atomic E-state index is -0.501. The third-order valence-corrected chi connectivity index (χ3v) is 3.94. The molecular weight excluding hydrogens is 312 g/mol. The summed E-state index contributed by atoms with van der Waals surface area (Å²) in [7, 11) is 0. The van der Waals surface area contributed by atoms with E-state index in [1.165, 1.54) is 0 Å². The first kappa shape index (κ1) is 17.7. The van der Waals surface area contributed by atoms with Crippen LogP contribution in [0.4, 0.5) is 0 Å². The first-order chi connectivity index (χ1) is 11.0. The highest BCUT2D eigenvalue weighted by Crippen LogP contribution is 2.35. The van der Waals surface area contributed by atoms with Gasteiger partial charge in [-0.3, -0.25) is 0 Å². The largest absolute Gasteiger partial charge is 0.491 e. The normalized spacial score (nSPS) is 13.4. The van der Waals surface area contributed by atoms with Gasteiger partial charge in [0.25, 0.3) is 0 Å². The van der Waals surface area contributed by atoms with Crippen molar-refractivity contribution in [1.82, 2.24) is 0 Å². The van der Waals surface area contributed by atoms with Crippen molar-refractivity contribution in [1.29, 1.82) is 0 Å². The molecule has 0 fully saturated rings. The monoisotopic (exact) mass is 334 g/mol. The lowest BCUT2D eigenvalue weighted by Crippen LogP contribution is -2.13. The molecule has 5 heteroatoms. The van der Waals surface area contributed by atoms with Gasteiger partial charge >= 0.3 is 0 Å². The molecule has 2 atom stereocenters. The fourth-order valence-electron chi connectivity index (χ4n) is 1.81. The van der Waals surface area contributed by atoms with Gasteiger partial charge in [0.15, 0.2) is 0 Å². The summed E-state index contributed by atoms with van der Waals surface area (Å²) in [6, 6.07) is 15.4. The maximum atomic E-state index is 9.35. The molecule has 2 rings (SSSR count). The zero-order valence-corrected chi connectivity index (χ0v) is 14.1. The fourth-order valence-corrected chi connectivity index (χ4v) is 2.71. The van der Waals surface area contributed by atoms with E-state index in [1.54, 1.807) is 25.6 Å². The number of para-hydroxylation sites is 1. The summed E-state index contributed by atoms with van der Waals surface area (Å²) < 4.78 is 11.1. The van der Waals surface area contributed by atoms with E-state index in [2.05, 4.69) is 0 Å². The summed E-state index contributed by atoms with van der Waals surface area (Å²) in [5, 5.41) is 18.6. The van der Waals surface area contributed by atoms with Crippen molar-refractivity contribution in [3.8, 4) is 11.5 Å². The van der Waals surface area contributed by atoms with E-state index in [1.807, 2.05) is 48.5 Å². The minimum absolute atomic E-state index is 0.268. The Morgan fingerprint density at radius 1 is 0.870 bits per heavy atom. The third kappa shape index (κ3) is 6.14. The molecule has 0 bridgehead atoms. The molecule has 2 N–H and O–H groups in total. The van der Waals surface area contributed by atoms with Crippen molar-refractivity contribution in [2.24, 2.45) is 0 Å². The van der Waals surface area contributed by atoms with Crippen LogP contribution in [0.5, 0.6) is 11.5 Å². The number of ether oxygens (including phenoxy) is 2. The van der Waals surface area contributed by atoms with E-state index in [0.29, 0.717) is 0 Å². The van der Waals surface area contributed by atoms with Crippen molar-refractivity contribution < 1.29 is 19.7 Å². The van der Waals surface area contributed by atoms with Crippen molar-refractivity contribution in [3.63, 3.8) is 0 Å². The lowest BCUT2D eigenvalue weighted by molar-refractivity contribution is 0.121. The highest BCUT2D eigenvalue weighted by atomic mass is 32.2. The summed E-state index contributed by atoms with van der Waals surface area (Å²) >= 11 is 1.59. The van der Waals surface area contributed by atoms with Crippen LogP contribution >= 0.6 is 11.8 Å². The van der Waals surface area contributed by atoms with Gasteiger partial charge in [0.2, 0.25) is 0 Å². The van der Waals surface area contributed by atoms with Gasteiger partial charge in [-0.15, -0.1) is 0 Å². The molecule has 0 aliphatic heterocycles. The van der Waals surface area contributed by atoms with Crippen LogP contribution in [0.2, 0.25) is 0 Å². The van der Waals surface area contributed by atoms with Crippen LogP contribution in [0, 0.1) is 0 Å². The first-order valence-corrected chi connectivity index (χ1v) is 8.35. The van der Waals surface area contributed by atoms with Gasteiger partial charge in [0.1, 0.15) is 24.7 Å². The van der Waals surface area contributed by atoms with Crippen LogP contribution in [0.15, 0.2) is 58.3 Å². The van der Waals surface area contributed by atoms with Gasteiger partial charge in [-0.05, 0) is 50.2 Å². The lowest BCUT2D eigenvalue weighted by atomic mass is 10.3. The van der Waals surface area contributed by atoms with Crippen molar-refractivity contribution in [2.75, 3.05) is 13.2 Å². The van der Waals surface area contributed by atoms with Crippen LogP contribution in [-0.4, -0.2) is 35.6 Å². The van der Waals surface area contributed by atoms with Crippen LogP contribution in [0.3, 0.4) is 0 Å². The van der Waals surface area contributed by atoms with Crippen molar-refractivity contribution in [2.45, 2.75) is 35.8 Å². The van der Waals surface area contributed by atoms with E-state index in [4.69, 9.17) is 9.47 Å². The molecule has 23 heavy (non-hydrogen) atoms. The second-order valence-corrected chi connectivity index (χ2v) is 6.46. The second kappa shape index (κ2) is 8.82. The molecule has 2 unspecified atom stereocenters. The van der Waals surface area contributed by atoms with Crippen LogP contribution in [0.1, 0.15) is 13.8 Å². The number of rotatable bonds is 8. The second-order valence-electron chi connectivity index (χ2n) is 5.34. The van der Waals surface area contributed by atoms with Crippen LogP contribution in [-0.2, 0) is 0 Å². The third-order valence-electron chi connectivity index (χ3n) is 2.87. The summed E-state index contributed by atoms with van der Waals surface area (Å²) in [5.74, 6) is 1.49. The molecule has 124 valence electrons. The summed E-state index contributed by atoms with van der Waals surface area (Å²) in [4.78, 5) is 2.05. The van der Waals surface area contributed by atoms with Crippen molar-refractivity contribution in [3.05, 3.63) is 48.5 Å². The molecule has 0 saturated heterocycles. The highest BCUT2D eigenvalue weighted by molar-refractivity contribution is 7.99. The highest BCUT2D eigenvalue weighted by Gasteiger charge is 2.07. The van der Waals surface area contributed by atoms with E-state index in [-0.39, 0.29) is 13.2 Å². The molecule has 0 aliphatic rings. The van der Waals surface area contributed by atoms with E-state index in [9.17, 15) is 10.2 Å². The Bertz CT molecular complexity index is 596. The Hall–Kier alpha value is -1.69. The molecule has 0 heterocycles. The molecule has 2 aromatic rings. The minimum Gasteiger partial charge on any atom is -0.491 e. The summed E-state index contributed by atoms with van der Waals surface area (Å²) in [6.45, 7) is 3.93. The molecule has 2 aromatic carbocycles. The van der Waals surface area contributed by atoms with Gasteiger partial charge in [-0.25, -0.2) is 0 Å². The molecular formula is C18H22O4S. The number of aliphatic hydroxyl groups is 2.